The van der Waals surface area contributed by atoms with Crippen molar-refractivity contribution in [1.29, 1.82) is 0 Å². The molecular formula is C89H73N3S3Si. The van der Waals surface area contributed by atoms with Crippen molar-refractivity contribution in [3.63, 3.8) is 0 Å². The van der Waals surface area contributed by atoms with E-state index in [0.29, 0.717) is 0 Å². The Hall–Kier alpha value is -9.47. The molecule has 1 unspecified atom stereocenters. The third-order valence-electron chi connectivity index (χ3n) is 20.4. The predicted molar refractivity (Wildman–Crippen MR) is 414 cm³/mol. The molecule has 7 heteroatoms. The summed E-state index contributed by atoms with van der Waals surface area (Å²) in [7, 11) is -2.40. The second-order valence-corrected chi connectivity index (χ2v) is 35.1. The van der Waals surface area contributed by atoms with E-state index < -0.39 is 8.07 Å². The summed E-state index contributed by atoms with van der Waals surface area (Å²) < 4.78 is 0. The van der Waals surface area contributed by atoms with Crippen molar-refractivity contribution < 1.29 is 0 Å². The molecule has 3 heterocycles. The van der Waals surface area contributed by atoms with E-state index in [1.165, 1.54) is 181 Å². The summed E-state index contributed by atoms with van der Waals surface area (Å²) in [4.78, 5) is 15.4. The van der Waals surface area contributed by atoms with Crippen molar-refractivity contribution in [2.24, 2.45) is 0 Å². The van der Waals surface area contributed by atoms with E-state index in [1.807, 2.05) is 35.3 Å². The SMILES string of the molecule is CC1=Cc2c(cc(-c3ccc(C)cc3)cc2N2c3ccccc3Sc3ccccc32)C1[Si](C)(C)C1=C(C)Cc2c1cc(-c1ccc(C)cc1)cc2N1c2ccccc2Sc2ccccc21.CC1=Cc2cc(-c3ccc(C)cc3)cc(N3c4ccccc4Sc4ccccc43)c2C1. The molecule has 12 aromatic carbocycles. The van der Waals surface area contributed by atoms with Crippen molar-refractivity contribution in [3.8, 4) is 33.4 Å². The molecule has 96 heavy (non-hydrogen) atoms. The summed E-state index contributed by atoms with van der Waals surface area (Å²) in [5.41, 5.74) is 35.9. The number of hydrogen-bond donors (Lipinski definition) is 0. The van der Waals surface area contributed by atoms with Crippen LogP contribution in [0, 0.1) is 20.8 Å². The number of rotatable bonds is 8. The molecular weight excluding hydrogens is 1240 g/mol. The van der Waals surface area contributed by atoms with Crippen LogP contribution in [0.1, 0.15) is 76.4 Å². The predicted octanol–water partition coefficient (Wildman–Crippen LogP) is 26.4. The van der Waals surface area contributed by atoms with Crippen LogP contribution in [-0.2, 0) is 12.8 Å². The zero-order valence-corrected chi connectivity index (χ0v) is 58.9. The topological polar surface area (TPSA) is 9.72 Å². The van der Waals surface area contributed by atoms with Gasteiger partial charge in [-0.05, 0) is 219 Å². The lowest BCUT2D eigenvalue weighted by atomic mass is 9.96. The molecule has 3 aliphatic heterocycles. The Kier molecular flexibility index (Phi) is 15.1. The van der Waals surface area contributed by atoms with E-state index in [9.17, 15) is 0 Å². The fourth-order valence-corrected chi connectivity index (χ4v) is 23.9. The maximum atomic E-state index is 2.67. The molecule has 0 spiro atoms. The second-order valence-electron chi connectivity index (χ2n) is 27.3. The van der Waals surface area contributed by atoms with Gasteiger partial charge in [-0.15, -0.1) is 0 Å². The molecule has 0 saturated carbocycles. The minimum atomic E-state index is -2.40. The number of hydrogen-bond acceptors (Lipinski definition) is 6. The van der Waals surface area contributed by atoms with E-state index in [4.69, 9.17) is 0 Å². The first-order chi connectivity index (χ1) is 46.8. The van der Waals surface area contributed by atoms with E-state index in [0.717, 1.165) is 12.8 Å². The first-order valence-electron chi connectivity index (χ1n) is 33.6. The Morgan fingerprint density at radius 1 is 0.333 bits per heavy atom. The summed E-state index contributed by atoms with van der Waals surface area (Å²) in [6, 6.07) is 95.3. The molecule has 0 saturated heterocycles. The molecule has 0 N–H and O–H groups in total. The zero-order valence-electron chi connectivity index (χ0n) is 55.5. The monoisotopic (exact) mass is 1310 g/mol. The van der Waals surface area contributed by atoms with Gasteiger partial charge >= 0.3 is 0 Å². The Labute approximate surface area is 579 Å². The number of aryl methyl sites for hydroxylation is 3. The number of allylic oxidation sites excluding steroid dienone is 3. The van der Waals surface area contributed by atoms with Gasteiger partial charge in [0.1, 0.15) is 0 Å². The highest BCUT2D eigenvalue weighted by Crippen LogP contribution is 2.61. The molecule has 0 aromatic heterocycles. The van der Waals surface area contributed by atoms with Crippen molar-refractivity contribution >= 4 is 112 Å². The third kappa shape index (κ3) is 10.4. The molecule has 1 atom stereocenters. The molecule has 0 radical (unpaired) electrons. The van der Waals surface area contributed by atoms with Gasteiger partial charge in [0.2, 0.25) is 0 Å². The average molecular weight is 1310 g/mol. The van der Waals surface area contributed by atoms with E-state index in [2.05, 4.69) is 336 Å². The first-order valence-corrected chi connectivity index (χ1v) is 39.1. The van der Waals surface area contributed by atoms with Crippen LogP contribution in [0.15, 0.2) is 301 Å². The van der Waals surface area contributed by atoms with Gasteiger partial charge in [-0.3, -0.25) is 0 Å². The maximum Gasteiger partial charge on any atom is 0.0930 e. The minimum Gasteiger partial charge on any atom is -0.308 e. The highest BCUT2D eigenvalue weighted by molar-refractivity contribution is 8.00. The average Bonchev–Trinajstić information content (AvgIpc) is 1.42. The van der Waals surface area contributed by atoms with Gasteiger partial charge in [0.15, 0.2) is 0 Å². The third-order valence-corrected chi connectivity index (χ3v) is 27.9. The smallest absolute Gasteiger partial charge is 0.0930 e. The normalized spacial score (nSPS) is 15.2. The van der Waals surface area contributed by atoms with E-state index in [-0.39, 0.29) is 5.54 Å². The van der Waals surface area contributed by atoms with Crippen LogP contribution in [0.25, 0.3) is 50.7 Å². The molecule has 18 rings (SSSR count). The van der Waals surface area contributed by atoms with Gasteiger partial charge in [0.05, 0.1) is 59.3 Å². The van der Waals surface area contributed by atoms with Crippen LogP contribution in [0.5, 0.6) is 0 Å². The van der Waals surface area contributed by atoms with Gasteiger partial charge in [-0.25, -0.2) is 0 Å². The summed E-state index contributed by atoms with van der Waals surface area (Å²) in [5.74, 6) is 0. The highest BCUT2D eigenvalue weighted by Gasteiger charge is 2.46. The molecule has 0 bridgehead atoms. The van der Waals surface area contributed by atoms with Crippen LogP contribution in [0.4, 0.5) is 51.2 Å². The maximum absolute atomic E-state index is 2.67. The zero-order chi connectivity index (χ0) is 65.1. The quantitative estimate of drug-likeness (QED) is 0.139. The molecule has 3 nitrogen and oxygen atoms in total. The molecule has 3 aliphatic carbocycles. The van der Waals surface area contributed by atoms with Crippen molar-refractivity contribution in [2.75, 3.05) is 14.7 Å². The van der Waals surface area contributed by atoms with Crippen molar-refractivity contribution in [2.45, 2.75) is 102 Å². The summed E-state index contributed by atoms with van der Waals surface area (Å²) in [5, 5.41) is 1.61. The Bertz CT molecular complexity index is 5130. The van der Waals surface area contributed by atoms with Gasteiger partial charge in [0, 0.05) is 40.5 Å². The molecule has 0 fully saturated rings. The number of anilines is 9. The first kappa shape index (κ1) is 60.2. The Morgan fingerprint density at radius 3 is 1.10 bits per heavy atom. The molecule has 6 aliphatic rings. The lowest BCUT2D eigenvalue weighted by Gasteiger charge is -2.37. The van der Waals surface area contributed by atoms with Gasteiger partial charge in [-0.2, -0.15) is 0 Å². The van der Waals surface area contributed by atoms with E-state index >= 15 is 0 Å². The summed E-state index contributed by atoms with van der Waals surface area (Å²) >= 11 is 5.62. The fraction of sp³-hybridized carbons (Fsp3) is 0.124. The van der Waals surface area contributed by atoms with Crippen LogP contribution < -0.4 is 14.7 Å². The Morgan fingerprint density at radius 2 is 0.688 bits per heavy atom. The lowest BCUT2D eigenvalue weighted by molar-refractivity contribution is 1.08. The van der Waals surface area contributed by atoms with Crippen LogP contribution in [0.2, 0.25) is 13.1 Å². The minimum absolute atomic E-state index is 0.279. The van der Waals surface area contributed by atoms with Crippen LogP contribution in [0.3, 0.4) is 0 Å². The van der Waals surface area contributed by atoms with E-state index in [1.54, 1.807) is 5.20 Å². The largest absolute Gasteiger partial charge is 0.308 e. The number of nitrogens with zero attached hydrogens (tertiary/aromatic N) is 3. The molecule has 0 amide bonds. The van der Waals surface area contributed by atoms with Crippen LogP contribution >= 0.6 is 35.3 Å². The molecule has 12 aromatic rings. The van der Waals surface area contributed by atoms with Gasteiger partial charge < -0.3 is 14.7 Å². The summed E-state index contributed by atoms with van der Waals surface area (Å²) in [6.07, 6.45) is 6.85. The van der Waals surface area contributed by atoms with Gasteiger partial charge in [-0.1, -0.05) is 251 Å². The Balaban J connectivity index is 0.000000187. The highest BCUT2D eigenvalue weighted by atomic mass is 32.2. The number of fused-ring (bicyclic) bond motifs is 9. The summed E-state index contributed by atoms with van der Waals surface area (Å²) in [6.45, 7) is 18.9. The molecule has 466 valence electrons. The fourth-order valence-electron chi connectivity index (χ4n) is 16.1. The van der Waals surface area contributed by atoms with Gasteiger partial charge in [0.25, 0.3) is 0 Å². The second kappa shape index (κ2) is 24.0. The number of para-hydroxylation sites is 6. The standard InChI is InChI=1S/C60H50N2S2Si.C29H23NS/c1-37-23-27-41(28-24-37)43-33-47-45(53(35-43)61-49-15-7-11-19-55(49)63-56-20-12-8-16-50(56)61)31-39(3)59(47)65(5,6)60-40(4)32-46-48(60)34-44(42-29-25-38(2)26-30-42)36-54(46)62-51-17-9-13-21-57(51)64-58-22-14-10-18-52(58)62;1-19-11-13-21(14-12-19)22-17-23-15-20(2)16-24(23)27(18-22)30-25-7-3-5-9-28(25)31-29-10-6-4-8-26(29)30/h7-31,33-36,59H,32H2,1-6H3;3-15,17-18H,16H2,1-2H3. The lowest BCUT2D eigenvalue weighted by Crippen LogP contribution is -2.37. The van der Waals surface area contributed by atoms with Crippen LogP contribution in [-0.4, -0.2) is 8.07 Å². The van der Waals surface area contributed by atoms with Crippen molar-refractivity contribution in [1.82, 2.24) is 0 Å². The van der Waals surface area contributed by atoms with Crippen molar-refractivity contribution in [3.05, 3.63) is 322 Å². The number of benzene rings is 12.